The molecule has 0 spiro atoms. The van der Waals surface area contributed by atoms with E-state index in [9.17, 15) is 4.79 Å². The predicted molar refractivity (Wildman–Crippen MR) is 89.0 cm³/mol. The van der Waals surface area contributed by atoms with Crippen LogP contribution in [0.2, 0.25) is 4.34 Å². The first kappa shape index (κ1) is 14.0. The van der Waals surface area contributed by atoms with Crippen LogP contribution < -0.4 is 5.32 Å². The second-order valence-electron chi connectivity index (χ2n) is 4.04. The van der Waals surface area contributed by atoms with Gasteiger partial charge in [0.2, 0.25) is 5.91 Å². The van der Waals surface area contributed by atoms with E-state index in [1.807, 2.05) is 24.3 Å². The summed E-state index contributed by atoms with van der Waals surface area (Å²) in [6.45, 7) is 0. The van der Waals surface area contributed by atoms with Gasteiger partial charge in [0.05, 0.1) is 21.0 Å². The van der Waals surface area contributed by atoms with Crippen molar-refractivity contribution in [1.29, 1.82) is 0 Å². The standard InChI is InChI=1S/C13H8BrClN2OS2/c14-8-2-1-3-9-12(8)17-13(20-9)16-11(18)6-7-4-5-10(15)19-7/h1-5H,6H2,(H,16,17,18). The van der Waals surface area contributed by atoms with E-state index in [0.29, 0.717) is 15.9 Å². The van der Waals surface area contributed by atoms with Crippen molar-refractivity contribution in [3.05, 3.63) is 44.0 Å². The third kappa shape index (κ3) is 3.03. The monoisotopic (exact) mass is 386 g/mol. The molecule has 7 heteroatoms. The number of thiazole rings is 1. The molecule has 20 heavy (non-hydrogen) atoms. The van der Waals surface area contributed by atoms with Crippen molar-refractivity contribution in [2.24, 2.45) is 0 Å². The number of anilines is 1. The van der Waals surface area contributed by atoms with Gasteiger partial charge in [-0.05, 0) is 40.2 Å². The molecule has 0 saturated carbocycles. The van der Waals surface area contributed by atoms with Crippen molar-refractivity contribution in [3.63, 3.8) is 0 Å². The molecule has 0 aliphatic rings. The van der Waals surface area contributed by atoms with Crippen LogP contribution in [-0.2, 0) is 11.2 Å². The Hall–Kier alpha value is -0.950. The minimum absolute atomic E-state index is 0.0845. The third-order valence-corrected chi connectivity index (χ3v) is 5.39. The molecule has 1 aromatic carbocycles. The molecule has 0 radical (unpaired) electrons. The fourth-order valence-electron chi connectivity index (χ4n) is 1.74. The van der Waals surface area contributed by atoms with Crippen molar-refractivity contribution in [1.82, 2.24) is 4.98 Å². The van der Waals surface area contributed by atoms with Crippen LogP contribution in [0.4, 0.5) is 5.13 Å². The van der Waals surface area contributed by atoms with Gasteiger partial charge in [0.1, 0.15) is 0 Å². The molecule has 3 nitrogen and oxygen atoms in total. The summed E-state index contributed by atoms with van der Waals surface area (Å²) in [5.74, 6) is -0.0845. The number of nitrogens with zero attached hydrogens (tertiary/aromatic N) is 1. The van der Waals surface area contributed by atoms with Crippen LogP contribution in [0.15, 0.2) is 34.8 Å². The first-order chi connectivity index (χ1) is 9.61. The number of carbonyl (C=O) groups is 1. The van der Waals surface area contributed by atoms with E-state index in [1.54, 1.807) is 6.07 Å². The smallest absolute Gasteiger partial charge is 0.231 e. The van der Waals surface area contributed by atoms with E-state index in [0.717, 1.165) is 19.6 Å². The highest BCUT2D eigenvalue weighted by Gasteiger charge is 2.11. The number of carbonyl (C=O) groups excluding carboxylic acids is 1. The number of rotatable bonds is 3. The SMILES string of the molecule is O=C(Cc1ccc(Cl)s1)Nc1nc2c(Br)cccc2s1. The van der Waals surface area contributed by atoms with Gasteiger partial charge < -0.3 is 5.32 Å². The minimum Gasteiger partial charge on any atom is -0.302 e. The number of halogens is 2. The zero-order valence-corrected chi connectivity index (χ0v) is 14.0. The maximum Gasteiger partial charge on any atom is 0.231 e. The van der Waals surface area contributed by atoms with Crippen molar-refractivity contribution >= 4 is 71.5 Å². The van der Waals surface area contributed by atoms with E-state index >= 15 is 0 Å². The summed E-state index contributed by atoms with van der Waals surface area (Å²) in [4.78, 5) is 17.3. The lowest BCUT2D eigenvalue weighted by molar-refractivity contribution is -0.115. The first-order valence-electron chi connectivity index (χ1n) is 5.71. The van der Waals surface area contributed by atoms with Crippen LogP contribution in [0.25, 0.3) is 10.2 Å². The molecule has 0 aliphatic heterocycles. The molecule has 0 saturated heterocycles. The highest BCUT2D eigenvalue weighted by molar-refractivity contribution is 9.10. The molecule has 0 fully saturated rings. The van der Waals surface area contributed by atoms with Gasteiger partial charge in [-0.25, -0.2) is 4.98 Å². The number of fused-ring (bicyclic) bond motifs is 1. The molecule has 1 amide bonds. The third-order valence-electron chi connectivity index (χ3n) is 2.58. The van der Waals surface area contributed by atoms with Crippen LogP contribution in [0, 0.1) is 0 Å². The number of aromatic nitrogens is 1. The molecule has 2 aromatic heterocycles. The number of nitrogens with one attached hydrogen (secondary N) is 1. The Labute approximate surface area is 136 Å². The predicted octanol–water partition coefficient (Wildman–Crippen LogP) is 4.95. The van der Waals surface area contributed by atoms with Gasteiger partial charge in [0.15, 0.2) is 5.13 Å². The maximum atomic E-state index is 12.0. The summed E-state index contributed by atoms with van der Waals surface area (Å²) in [5.41, 5.74) is 0.868. The number of hydrogen-bond donors (Lipinski definition) is 1. The summed E-state index contributed by atoms with van der Waals surface area (Å²) >= 11 is 12.2. The minimum atomic E-state index is -0.0845. The van der Waals surface area contributed by atoms with E-state index in [2.05, 4.69) is 26.2 Å². The lowest BCUT2D eigenvalue weighted by Gasteiger charge is -1.98. The van der Waals surface area contributed by atoms with Gasteiger partial charge >= 0.3 is 0 Å². The van der Waals surface area contributed by atoms with Crippen molar-refractivity contribution < 1.29 is 4.79 Å². The zero-order chi connectivity index (χ0) is 14.1. The quantitative estimate of drug-likeness (QED) is 0.690. The fraction of sp³-hybridized carbons (Fsp3) is 0.0769. The second-order valence-corrected chi connectivity index (χ2v) is 7.72. The van der Waals surface area contributed by atoms with Crippen molar-refractivity contribution in [2.45, 2.75) is 6.42 Å². The topological polar surface area (TPSA) is 42.0 Å². The molecule has 2 heterocycles. The Morgan fingerprint density at radius 3 is 2.85 bits per heavy atom. The summed E-state index contributed by atoms with van der Waals surface area (Å²) in [5, 5.41) is 3.44. The molecule has 0 aliphatic carbocycles. The summed E-state index contributed by atoms with van der Waals surface area (Å²) in [7, 11) is 0. The number of para-hydroxylation sites is 1. The lowest BCUT2D eigenvalue weighted by atomic mass is 10.3. The van der Waals surface area contributed by atoms with E-state index in [1.165, 1.54) is 22.7 Å². The summed E-state index contributed by atoms with van der Waals surface area (Å²) in [6, 6.07) is 9.52. The molecular formula is C13H8BrClN2OS2. The highest BCUT2D eigenvalue weighted by atomic mass is 79.9. The molecule has 102 valence electrons. The highest BCUT2D eigenvalue weighted by Crippen LogP contribution is 2.31. The van der Waals surface area contributed by atoms with Crippen LogP contribution in [0.5, 0.6) is 0 Å². The van der Waals surface area contributed by atoms with E-state index in [4.69, 9.17) is 11.6 Å². The number of thiophene rings is 1. The second kappa shape index (κ2) is 5.81. The van der Waals surface area contributed by atoms with E-state index < -0.39 is 0 Å². The molecule has 0 atom stereocenters. The zero-order valence-electron chi connectivity index (χ0n) is 10.0. The molecule has 3 aromatic rings. The summed E-state index contributed by atoms with van der Waals surface area (Å²) < 4.78 is 2.65. The van der Waals surface area contributed by atoms with Gasteiger partial charge in [-0.1, -0.05) is 29.0 Å². The van der Waals surface area contributed by atoms with Crippen LogP contribution in [0.3, 0.4) is 0 Å². The van der Waals surface area contributed by atoms with Gasteiger partial charge in [-0.15, -0.1) is 11.3 Å². The van der Waals surface area contributed by atoms with Gasteiger partial charge in [0, 0.05) is 9.35 Å². The Morgan fingerprint density at radius 1 is 1.30 bits per heavy atom. The average molecular weight is 388 g/mol. The molecule has 0 bridgehead atoms. The van der Waals surface area contributed by atoms with Crippen molar-refractivity contribution in [2.75, 3.05) is 5.32 Å². The lowest BCUT2D eigenvalue weighted by Crippen LogP contribution is -2.13. The molecular weight excluding hydrogens is 380 g/mol. The van der Waals surface area contributed by atoms with Crippen LogP contribution >= 0.6 is 50.2 Å². The van der Waals surface area contributed by atoms with E-state index in [-0.39, 0.29) is 5.91 Å². The Balaban J connectivity index is 1.75. The Kier molecular flexibility index (Phi) is 4.07. The number of amides is 1. The van der Waals surface area contributed by atoms with Gasteiger partial charge in [0.25, 0.3) is 0 Å². The first-order valence-corrected chi connectivity index (χ1v) is 8.51. The normalized spacial score (nSPS) is 10.9. The molecule has 0 unspecified atom stereocenters. The average Bonchev–Trinajstić information content (AvgIpc) is 2.96. The van der Waals surface area contributed by atoms with Gasteiger partial charge in [-0.2, -0.15) is 0 Å². The van der Waals surface area contributed by atoms with Crippen molar-refractivity contribution in [3.8, 4) is 0 Å². The fourth-order valence-corrected chi connectivity index (χ4v) is 4.32. The largest absolute Gasteiger partial charge is 0.302 e. The van der Waals surface area contributed by atoms with Crippen LogP contribution in [0.1, 0.15) is 4.88 Å². The summed E-state index contributed by atoms with van der Waals surface area (Å²) in [6.07, 6.45) is 0.314. The number of hydrogen-bond acceptors (Lipinski definition) is 4. The number of benzene rings is 1. The maximum absolute atomic E-state index is 12.0. The Morgan fingerprint density at radius 2 is 2.15 bits per heavy atom. The molecule has 1 N–H and O–H groups in total. The van der Waals surface area contributed by atoms with Crippen LogP contribution in [-0.4, -0.2) is 10.9 Å². The molecule has 3 rings (SSSR count). The Bertz CT molecular complexity index is 784. The van der Waals surface area contributed by atoms with Gasteiger partial charge in [-0.3, -0.25) is 4.79 Å².